The molecule has 1 aliphatic heterocycles. The standard InChI is InChI=1S/C21H17FN2O3S/c22-17-9-6-15(7-10-17)8-11-19(25)23-12-13-24-20(26)18(28-21(24)27)14-16-4-2-1-3-5-16/h1-11,14H,12-13H2,(H,23,25). The third kappa shape index (κ3) is 5.17. The predicted octanol–water partition coefficient (Wildman–Crippen LogP) is 3.69. The van der Waals surface area contributed by atoms with E-state index in [1.807, 2.05) is 30.3 Å². The van der Waals surface area contributed by atoms with Gasteiger partial charge in [-0.1, -0.05) is 42.5 Å². The number of thioether (sulfide) groups is 1. The molecule has 0 aromatic heterocycles. The second-order valence-corrected chi connectivity index (χ2v) is 6.91. The van der Waals surface area contributed by atoms with Gasteiger partial charge >= 0.3 is 0 Å². The number of hydrogen-bond donors (Lipinski definition) is 1. The van der Waals surface area contributed by atoms with Crippen molar-refractivity contribution < 1.29 is 18.8 Å². The van der Waals surface area contributed by atoms with Crippen LogP contribution in [0.2, 0.25) is 0 Å². The molecule has 28 heavy (non-hydrogen) atoms. The van der Waals surface area contributed by atoms with Gasteiger partial charge in [0, 0.05) is 19.2 Å². The molecule has 2 aromatic rings. The highest BCUT2D eigenvalue weighted by molar-refractivity contribution is 8.18. The van der Waals surface area contributed by atoms with E-state index in [-0.39, 0.29) is 36.0 Å². The molecule has 0 radical (unpaired) electrons. The highest BCUT2D eigenvalue weighted by atomic mass is 32.2. The lowest BCUT2D eigenvalue weighted by atomic mass is 10.2. The molecule has 1 saturated heterocycles. The van der Waals surface area contributed by atoms with Crippen LogP contribution in [0.5, 0.6) is 0 Å². The summed E-state index contributed by atoms with van der Waals surface area (Å²) in [5.41, 5.74) is 1.53. The van der Waals surface area contributed by atoms with Crippen LogP contribution in [0.25, 0.3) is 12.2 Å². The molecule has 2 aromatic carbocycles. The lowest BCUT2D eigenvalue weighted by Gasteiger charge is -2.12. The van der Waals surface area contributed by atoms with E-state index in [9.17, 15) is 18.8 Å². The average molecular weight is 396 g/mol. The van der Waals surface area contributed by atoms with E-state index in [1.54, 1.807) is 24.3 Å². The number of nitrogens with zero attached hydrogens (tertiary/aromatic N) is 1. The summed E-state index contributed by atoms with van der Waals surface area (Å²) in [5.74, 6) is -1.08. The van der Waals surface area contributed by atoms with E-state index < -0.39 is 0 Å². The number of halogens is 1. The van der Waals surface area contributed by atoms with Crippen LogP contribution in [-0.2, 0) is 9.59 Å². The van der Waals surface area contributed by atoms with Gasteiger partial charge in [0.15, 0.2) is 0 Å². The first-order valence-electron chi connectivity index (χ1n) is 8.55. The summed E-state index contributed by atoms with van der Waals surface area (Å²) >= 11 is 0.885. The molecule has 7 heteroatoms. The number of rotatable bonds is 6. The van der Waals surface area contributed by atoms with Crippen LogP contribution < -0.4 is 5.32 Å². The van der Waals surface area contributed by atoms with Crippen molar-refractivity contribution in [1.82, 2.24) is 10.2 Å². The number of carbonyl (C=O) groups is 3. The monoisotopic (exact) mass is 396 g/mol. The minimum atomic E-state index is -0.366. The molecule has 142 valence electrons. The van der Waals surface area contributed by atoms with Gasteiger partial charge in [0.25, 0.3) is 11.1 Å². The van der Waals surface area contributed by atoms with E-state index in [4.69, 9.17) is 0 Å². The van der Waals surface area contributed by atoms with Gasteiger partial charge in [-0.05, 0) is 47.2 Å². The molecule has 3 amide bonds. The fourth-order valence-electron chi connectivity index (χ4n) is 2.49. The van der Waals surface area contributed by atoms with Crippen molar-refractivity contribution in [3.8, 4) is 0 Å². The van der Waals surface area contributed by atoms with Crippen molar-refractivity contribution >= 4 is 41.0 Å². The number of amides is 3. The summed E-state index contributed by atoms with van der Waals surface area (Å²) in [6.07, 6.45) is 4.54. The van der Waals surface area contributed by atoms with Crippen molar-refractivity contribution in [1.29, 1.82) is 0 Å². The summed E-state index contributed by atoms with van der Waals surface area (Å²) in [6, 6.07) is 15.0. The number of carbonyl (C=O) groups excluding carboxylic acids is 3. The lowest BCUT2D eigenvalue weighted by Crippen LogP contribution is -2.36. The molecule has 1 heterocycles. The first-order valence-corrected chi connectivity index (χ1v) is 9.36. The van der Waals surface area contributed by atoms with Crippen LogP contribution in [0.4, 0.5) is 9.18 Å². The second kappa shape index (κ2) is 9.14. The topological polar surface area (TPSA) is 66.5 Å². The fourth-order valence-corrected chi connectivity index (χ4v) is 3.35. The smallest absolute Gasteiger partial charge is 0.293 e. The van der Waals surface area contributed by atoms with Crippen LogP contribution in [0.1, 0.15) is 11.1 Å². The highest BCUT2D eigenvalue weighted by Gasteiger charge is 2.34. The minimum absolute atomic E-state index is 0.0902. The Kier molecular flexibility index (Phi) is 6.39. The molecule has 1 aliphatic rings. The van der Waals surface area contributed by atoms with Gasteiger partial charge in [-0.15, -0.1) is 0 Å². The molecule has 0 bridgehead atoms. The van der Waals surface area contributed by atoms with E-state index >= 15 is 0 Å². The molecular weight excluding hydrogens is 379 g/mol. The summed E-state index contributed by atoms with van der Waals surface area (Å²) in [6.45, 7) is 0.232. The Bertz CT molecular complexity index is 940. The van der Waals surface area contributed by atoms with Crippen molar-refractivity contribution in [2.45, 2.75) is 0 Å². The van der Waals surface area contributed by atoms with Crippen molar-refractivity contribution in [3.05, 3.63) is 82.5 Å². The number of hydrogen-bond acceptors (Lipinski definition) is 4. The Morgan fingerprint density at radius 1 is 1.04 bits per heavy atom. The molecule has 1 N–H and O–H groups in total. The number of nitrogens with one attached hydrogen (secondary N) is 1. The van der Waals surface area contributed by atoms with E-state index in [0.29, 0.717) is 10.5 Å². The van der Waals surface area contributed by atoms with Crippen LogP contribution in [0.15, 0.2) is 65.6 Å². The van der Waals surface area contributed by atoms with Gasteiger partial charge in [0.05, 0.1) is 4.91 Å². The SMILES string of the molecule is O=C(C=Cc1ccc(F)cc1)NCCN1C(=O)SC(=Cc2ccccc2)C1=O. The Morgan fingerprint density at radius 3 is 2.46 bits per heavy atom. The molecule has 5 nitrogen and oxygen atoms in total. The quantitative estimate of drug-likeness (QED) is 0.757. The molecule has 0 saturated carbocycles. The van der Waals surface area contributed by atoms with E-state index in [0.717, 1.165) is 22.2 Å². The molecule has 0 aliphatic carbocycles. The van der Waals surface area contributed by atoms with Crippen LogP contribution in [-0.4, -0.2) is 35.0 Å². The third-order valence-corrected chi connectivity index (χ3v) is 4.81. The molecule has 0 unspecified atom stereocenters. The first-order chi connectivity index (χ1) is 13.5. The van der Waals surface area contributed by atoms with Gasteiger partial charge in [-0.2, -0.15) is 0 Å². The first kappa shape index (κ1) is 19.6. The molecule has 3 rings (SSSR count). The van der Waals surface area contributed by atoms with Gasteiger partial charge in [0.1, 0.15) is 5.82 Å². The summed E-state index contributed by atoms with van der Waals surface area (Å²) < 4.78 is 12.8. The maximum atomic E-state index is 12.8. The fraction of sp³-hybridized carbons (Fsp3) is 0.0952. The Labute approximate surface area is 165 Å². The lowest BCUT2D eigenvalue weighted by molar-refractivity contribution is -0.123. The van der Waals surface area contributed by atoms with Crippen molar-refractivity contribution in [2.24, 2.45) is 0 Å². The third-order valence-electron chi connectivity index (χ3n) is 3.90. The second-order valence-electron chi connectivity index (χ2n) is 5.92. The van der Waals surface area contributed by atoms with Crippen LogP contribution >= 0.6 is 11.8 Å². The minimum Gasteiger partial charge on any atom is -0.351 e. The zero-order valence-electron chi connectivity index (χ0n) is 14.8. The Hall–Kier alpha value is -3.19. The molecular formula is C21H17FN2O3S. The molecule has 0 atom stereocenters. The zero-order valence-corrected chi connectivity index (χ0v) is 15.6. The van der Waals surface area contributed by atoms with Crippen LogP contribution in [0, 0.1) is 5.82 Å². The molecule has 0 spiro atoms. The molecule has 1 fully saturated rings. The zero-order chi connectivity index (χ0) is 19.9. The van der Waals surface area contributed by atoms with E-state index in [2.05, 4.69) is 5.32 Å². The van der Waals surface area contributed by atoms with E-state index in [1.165, 1.54) is 18.2 Å². The summed E-state index contributed by atoms with van der Waals surface area (Å²) in [7, 11) is 0. The number of imide groups is 1. The summed E-state index contributed by atoms with van der Waals surface area (Å²) in [4.78, 5) is 37.8. The normalized spacial score (nSPS) is 15.6. The maximum absolute atomic E-state index is 12.8. The van der Waals surface area contributed by atoms with Crippen molar-refractivity contribution in [2.75, 3.05) is 13.1 Å². The van der Waals surface area contributed by atoms with Crippen LogP contribution in [0.3, 0.4) is 0 Å². The Balaban J connectivity index is 1.51. The Morgan fingerprint density at radius 2 is 1.75 bits per heavy atom. The van der Waals surface area contributed by atoms with Gasteiger partial charge < -0.3 is 5.32 Å². The maximum Gasteiger partial charge on any atom is 0.293 e. The van der Waals surface area contributed by atoms with Gasteiger partial charge in [-0.3, -0.25) is 19.3 Å². The average Bonchev–Trinajstić information content (AvgIpc) is 2.95. The summed E-state index contributed by atoms with van der Waals surface area (Å²) in [5, 5.41) is 2.26. The highest BCUT2D eigenvalue weighted by Crippen LogP contribution is 2.31. The number of benzene rings is 2. The predicted molar refractivity (Wildman–Crippen MR) is 108 cm³/mol. The van der Waals surface area contributed by atoms with Crippen molar-refractivity contribution in [3.63, 3.8) is 0 Å². The van der Waals surface area contributed by atoms with Gasteiger partial charge in [0.2, 0.25) is 5.91 Å². The largest absolute Gasteiger partial charge is 0.351 e. The van der Waals surface area contributed by atoms with Gasteiger partial charge in [-0.25, -0.2) is 4.39 Å².